The van der Waals surface area contributed by atoms with Crippen molar-refractivity contribution in [3.8, 4) is 11.8 Å². The summed E-state index contributed by atoms with van der Waals surface area (Å²) in [4.78, 5) is 36.3. The van der Waals surface area contributed by atoms with Gasteiger partial charge in [-0.3, -0.25) is 9.78 Å². The van der Waals surface area contributed by atoms with Crippen LogP contribution in [0.5, 0.6) is 0 Å². The molecule has 0 spiro atoms. The first-order valence-corrected chi connectivity index (χ1v) is 7.23. The Bertz CT molecular complexity index is 871. The topological polar surface area (TPSA) is 113 Å². The number of anilines is 1. The molecule has 1 aliphatic rings. The second-order valence-corrected chi connectivity index (χ2v) is 5.38. The monoisotopic (exact) mass is 338 g/mol. The highest BCUT2D eigenvalue weighted by molar-refractivity contribution is 5.85. The molecule has 0 radical (unpaired) electrons. The number of imidazole rings is 1. The van der Waals surface area contributed by atoms with E-state index in [1.807, 2.05) is 4.90 Å². The first-order chi connectivity index (χ1) is 10.6. The van der Waals surface area contributed by atoms with Crippen LogP contribution < -0.4 is 21.9 Å². The molecular formula is C14H19ClN6O2. The molecular weight excluding hydrogens is 320 g/mol. The normalized spacial score (nSPS) is 17.5. The van der Waals surface area contributed by atoms with Gasteiger partial charge in [-0.15, -0.1) is 18.3 Å². The zero-order valence-corrected chi connectivity index (χ0v) is 13.6. The summed E-state index contributed by atoms with van der Waals surface area (Å²) in [6.45, 7) is 3.22. The molecule has 3 heterocycles. The SMILES string of the molecule is CC#CCn1c(=O)[nH]c2nc(N3CCC[C@@H](N)C3)[nH]c2c1=O.Cl. The second kappa shape index (κ2) is 6.89. The summed E-state index contributed by atoms with van der Waals surface area (Å²) < 4.78 is 1.06. The highest BCUT2D eigenvalue weighted by Crippen LogP contribution is 2.17. The van der Waals surface area contributed by atoms with Gasteiger partial charge in [-0.25, -0.2) is 9.36 Å². The molecule has 2 aromatic rings. The van der Waals surface area contributed by atoms with E-state index in [9.17, 15) is 9.59 Å². The van der Waals surface area contributed by atoms with Gasteiger partial charge >= 0.3 is 5.69 Å². The van der Waals surface area contributed by atoms with Crippen molar-refractivity contribution in [3.05, 3.63) is 20.8 Å². The molecule has 23 heavy (non-hydrogen) atoms. The van der Waals surface area contributed by atoms with Crippen molar-refractivity contribution in [2.24, 2.45) is 5.73 Å². The second-order valence-electron chi connectivity index (χ2n) is 5.38. The average molecular weight is 339 g/mol. The number of nitrogens with two attached hydrogens (primary N) is 1. The van der Waals surface area contributed by atoms with Crippen molar-refractivity contribution in [1.29, 1.82) is 0 Å². The molecule has 0 bridgehead atoms. The summed E-state index contributed by atoms with van der Waals surface area (Å²) in [5, 5.41) is 0. The Balaban J connectivity index is 0.00000192. The maximum absolute atomic E-state index is 12.4. The van der Waals surface area contributed by atoms with Crippen LogP contribution >= 0.6 is 12.4 Å². The highest BCUT2D eigenvalue weighted by Gasteiger charge is 2.21. The van der Waals surface area contributed by atoms with Gasteiger partial charge in [0.1, 0.15) is 0 Å². The largest absolute Gasteiger partial charge is 0.341 e. The van der Waals surface area contributed by atoms with Crippen LogP contribution in [0, 0.1) is 11.8 Å². The summed E-state index contributed by atoms with van der Waals surface area (Å²) in [6.07, 6.45) is 1.96. The van der Waals surface area contributed by atoms with Gasteiger partial charge in [0, 0.05) is 19.1 Å². The summed E-state index contributed by atoms with van der Waals surface area (Å²) in [7, 11) is 0. The Labute approximate surface area is 138 Å². The first kappa shape index (κ1) is 17.1. The third kappa shape index (κ3) is 3.25. The molecule has 1 aliphatic heterocycles. The zero-order chi connectivity index (χ0) is 15.7. The van der Waals surface area contributed by atoms with Gasteiger partial charge in [0.15, 0.2) is 11.2 Å². The Kier molecular flexibility index (Phi) is 5.13. The summed E-state index contributed by atoms with van der Waals surface area (Å²) >= 11 is 0. The molecule has 1 fully saturated rings. The fourth-order valence-electron chi connectivity index (χ4n) is 2.66. The van der Waals surface area contributed by atoms with E-state index >= 15 is 0 Å². The Hall–Kier alpha value is -2.24. The maximum atomic E-state index is 12.4. The van der Waals surface area contributed by atoms with E-state index in [0.717, 1.165) is 24.0 Å². The van der Waals surface area contributed by atoms with Crippen LogP contribution in [0.1, 0.15) is 19.8 Å². The quantitative estimate of drug-likeness (QED) is 0.656. The van der Waals surface area contributed by atoms with Crippen LogP contribution in [0.3, 0.4) is 0 Å². The van der Waals surface area contributed by atoms with E-state index in [1.54, 1.807) is 6.92 Å². The molecule has 0 unspecified atom stereocenters. The first-order valence-electron chi connectivity index (χ1n) is 7.23. The average Bonchev–Trinajstić information content (AvgIpc) is 2.91. The molecule has 0 aromatic carbocycles. The minimum absolute atomic E-state index is 0. The van der Waals surface area contributed by atoms with E-state index in [2.05, 4.69) is 26.8 Å². The van der Waals surface area contributed by atoms with Crippen LogP contribution in [-0.2, 0) is 6.54 Å². The van der Waals surface area contributed by atoms with Crippen molar-refractivity contribution < 1.29 is 0 Å². The van der Waals surface area contributed by atoms with Crippen molar-refractivity contribution in [2.45, 2.75) is 32.4 Å². The molecule has 1 atom stereocenters. The molecule has 1 saturated heterocycles. The molecule has 0 aliphatic carbocycles. The molecule has 0 amide bonds. The number of piperidine rings is 1. The smallest absolute Gasteiger partial charge is 0.330 e. The van der Waals surface area contributed by atoms with Crippen molar-refractivity contribution in [3.63, 3.8) is 0 Å². The zero-order valence-electron chi connectivity index (χ0n) is 12.8. The Morgan fingerprint density at radius 1 is 1.39 bits per heavy atom. The molecule has 0 saturated carbocycles. The summed E-state index contributed by atoms with van der Waals surface area (Å²) in [5.41, 5.74) is 5.60. The molecule has 124 valence electrons. The van der Waals surface area contributed by atoms with Gasteiger partial charge in [0.25, 0.3) is 5.56 Å². The number of aromatic amines is 2. The van der Waals surface area contributed by atoms with Crippen LogP contribution in [0.4, 0.5) is 5.95 Å². The van der Waals surface area contributed by atoms with Crippen molar-refractivity contribution >= 4 is 29.5 Å². The lowest BCUT2D eigenvalue weighted by atomic mass is 10.1. The number of aromatic nitrogens is 4. The van der Waals surface area contributed by atoms with Crippen LogP contribution in [0.2, 0.25) is 0 Å². The third-order valence-electron chi connectivity index (χ3n) is 3.79. The lowest BCUT2D eigenvalue weighted by Crippen LogP contribution is -2.43. The third-order valence-corrected chi connectivity index (χ3v) is 3.79. The predicted molar refractivity (Wildman–Crippen MR) is 91.1 cm³/mol. The maximum Gasteiger partial charge on any atom is 0.330 e. The minimum Gasteiger partial charge on any atom is -0.341 e. The number of halogens is 1. The molecule has 3 rings (SSSR count). The molecule has 8 nitrogen and oxygen atoms in total. The van der Waals surface area contributed by atoms with Gasteiger partial charge < -0.3 is 15.6 Å². The number of hydrogen-bond acceptors (Lipinski definition) is 5. The lowest BCUT2D eigenvalue weighted by Gasteiger charge is -2.30. The van der Waals surface area contributed by atoms with Gasteiger partial charge in [0.2, 0.25) is 5.95 Å². The number of nitrogens with one attached hydrogen (secondary N) is 2. The van der Waals surface area contributed by atoms with E-state index < -0.39 is 11.2 Å². The van der Waals surface area contributed by atoms with E-state index in [0.29, 0.717) is 12.5 Å². The van der Waals surface area contributed by atoms with Crippen molar-refractivity contribution in [2.75, 3.05) is 18.0 Å². The fraction of sp³-hybridized carbons (Fsp3) is 0.500. The number of nitrogens with zero attached hydrogens (tertiary/aromatic N) is 3. The number of hydrogen-bond donors (Lipinski definition) is 3. The highest BCUT2D eigenvalue weighted by atomic mass is 35.5. The van der Waals surface area contributed by atoms with E-state index in [1.165, 1.54) is 0 Å². The van der Waals surface area contributed by atoms with Crippen LogP contribution in [-0.4, -0.2) is 38.7 Å². The Morgan fingerprint density at radius 2 is 2.17 bits per heavy atom. The Morgan fingerprint density at radius 3 is 2.87 bits per heavy atom. The van der Waals surface area contributed by atoms with Crippen LogP contribution in [0.15, 0.2) is 9.59 Å². The number of rotatable bonds is 2. The minimum atomic E-state index is -0.506. The van der Waals surface area contributed by atoms with Crippen molar-refractivity contribution in [1.82, 2.24) is 19.5 Å². The van der Waals surface area contributed by atoms with Gasteiger partial charge in [-0.1, -0.05) is 5.92 Å². The number of fused-ring (bicyclic) bond motifs is 1. The van der Waals surface area contributed by atoms with E-state index in [-0.39, 0.29) is 36.2 Å². The van der Waals surface area contributed by atoms with Gasteiger partial charge in [-0.2, -0.15) is 4.98 Å². The van der Waals surface area contributed by atoms with Crippen LogP contribution in [0.25, 0.3) is 11.2 Å². The summed E-state index contributed by atoms with van der Waals surface area (Å²) in [5.74, 6) is 5.96. The summed E-state index contributed by atoms with van der Waals surface area (Å²) in [6, 6.07) is 0.0949. The molecule has 4 N–H and O–H groups in total. The standard InChI is InChI=1S/C14H18N6O2.ClH/c1-2-3-7-20-12(21)10-11(18-14(20)22)17-13(16-10)19-6-4-5-9(15)8-19;/h9H,4-8,15H2,1H3,(H,16,17)(H,18,22);1H/t9-;/m1./s1. The lowest BCUT2D eigenvalue weighted by molar-refractivity contribution is 0.501. The van der Waals surface area contributed by atoms with E-state index in [4.69, 9.17) is 5.73 Å². The number of H-pyrrole nitrogens is 2. The molecule has 9 heteroatoms. The van der Waals surface area contributed by atoms with Gasteiger partial charge in [-0.05, 0) is 19.8 Å². The predicted octanol–water partition coefficient (Wildman–Crippen LogP) is -0.214. The molecule has 2 aromatic heterocycles. The fourth-order valence-corrected chi connectivity index (χ4v) is 2.66. The van der Waals surface area contributed by atoms with Gasteiger partial charge in [0.05, 0.1) is 6.54 Å².